The molecule has 1 unspecified atom stereocenters. The van der Waals surface area contributed by atoms with Crippen LogP contribution in [-0.2, 0) is 6.54 Å². The van der Waals surface area contributed by atoms with E-state index in [1.807, 2.05) is 50.1 Å². The number of aliphatic hydroxyl groups is 1. The molecule has 0 aromatic heterocycles. The molecular formula is C21H28FN3O2. The summed E-state index contributed by atoms with van der Waals surface area (Å²) >= 11 is 0. The second kappa shape index (κ2) is 10.5. The van der Waals surface area contributed by atoms with Gasteiger partial charge in [-0.1, -0.05) is 24.3 Å². The zero-order chi connectivity index (χ0) is 19.6. The first kappa shape index (κ1) is 20.7. The van der Waals surface area contributed by atoms with Crippen LogP contribution >= 0.6 is 0 Å². The molecule has 2 aromatic carbocycles. The highest BCUT2D eigenvalue weighted by Crippen LogP contribution is 2.15. The number of nitrogens with zero attached hydrogens (tertiary/aromatic N) is 2. The van der Waals surface area contributed by atoms with E-state index >= 15 is 0 Å². The van der Waals surface area contributed by atoms with E-state index < -0.39 is 6.10 Å². The van der Waals surface area contributed by atoms with Crippen molar-refractivity contribution in [1.29, 1.82) is 0 Å². The van der Waals surface area contributed by atoms with Crippen molar-refractivity contribution in [2.75, 3.05) is 26.7 Å². The third kappa shape index (κ3) is 6.57. The Morgan fingerprint density at radius 2 is 1.81 bits per heavy atom. The Balaban J connectivity index is 2.01. The molecule has 0 fully saturated rings. The number of halogens is 1. The van der Waals surface area contributed by atoms with Crippen LogP contribution in [0, 0.1) is 5.82 Å². The topological polar surface area (TPSA) is 57.1 Å². The van der Waals surface area contributed by atoms with E-state index in [0.29, 0.717) is 24.7 Å². The fourth-order valence-corrected chi connectivity index (χ4v) is 2.64. The highest BCUT2D eigenvalue weighted by Gasteiger charge is 2.10. The van der Waals surface area contributed by atoms with E-state index in [-0.39, 0.29) is 12.4 Å². The van der Waals surface area contributed by atoms with Crippen LogP contribution < -0.4 is 10.1 Å². The van der Waals surface area contributed by atoms with Crippen LogP contribution in [0.4, 0.5) is 4.39 Å². The van der Waals surface area contributed by atoms with Gasteiger partial charge in [0.2, 0.25) is 0 Å². The van der Waals surface area contributed by atoms with Gasteiger partial charge in [0.25, 0.3) is 0 Å². The fraction of sp³-hybridized carbons (Fsp3) is 0.381. The summed E-state index contributed by atoms with van der Waals surface area (Å²) in [6.45, 7) is 6.19. The summed E-state index contributed by atoms with van der Waals surface area (Å²) in [4.78, 5) is 6.51. The number of aliphatic hydroxyl groups excluding tert-OH is 1. The van der Waals surface area contributed by atoms with Crippen LogP contribution in [0.5, 0.6) is 5.75 Å². The first-order chi connectivity index (χ1) is 13.0. The number of hydrogen-bond donors (Lipinski definition) is 2. The van der Waals surface area contributed by atoms with Gasteiger partial charge in [-0.2, -0.15) is 0 Å². The first-order valence-electron chi connectivity index (χ1n) is 9.18. The number of ether oxygens (including phenoxy) is 1. The largest absolute Gasteiger partial charge is 0.494 e. The minimum atomic E-state index is -0.780. The van der Waals surface area contributed by atoms with E-state index in [2.05, 4.69) is 10.3 Å². The molecule has 0 aliphatic carbocycles. The normalized spacial score (nSPS) is 12.6. The Bertz CT molecular complexity index is 717. The Morgan fingerprint density at radius 3 is 2.41 bits per heavy atom. The summed E-state index contributed by atoms with van der Waals surface area (Å²) in [5.74, 6) is 1.23. The number of rotatable bonds is 8. The quantitative estimate of drug-likeness (QED) is 0.550. The molecule has 0 aliphatic rings. The maximum Gasteiger partial charge on any atom is 0.194 e. The summed E-state index contributed by atoms with van der Waals surface area (Å²) in [5.41, 5.74) is 1.77. The predicted octanol–water partition coefficient (Wildman–Crippen LogP) is 3.36. The highest BCUT2D eigenvalue weighted by atomic mass is 19.1. The zero-order valence-electron chi connectivity index (χ0n) is 16.2. The maximum absolute atomic E-state index is 13.0. The van der Waals surface area contributed by atoms with E-state index in [9.17, 15) is 9.50 Å². The van der Waals surface area contributed by atoms with Crippen molar-refractivity contribution in [3.8, 4) is 5.75 Å². The Kier molecular flexibility index (Phi) is 8.07. The molecule has 5 nitrogen and oxygen atoms in total. The number of aliphatic imine (C=N–C) groups is 1. The first-order valence-corrected chi connectivity index (χ1v) is 9.18. The molecular weight excluding hydrogens is 345 g/mol. The number of hydrogen-bond acceptors (Lipinski definition) is 3. The molecule has 0 saturated carbocycles. The molecule has 0 aliphatic heterocycles. The molecule has 2 aromatic rings. The van der Waals surface area contributed by atoms with Gasteiger partial charge in [0, 0.05) is 20.1 Å². The molecule has 146 valence electrons. The SMILES string of the molecule is CCNC(=NCC(O)c1ccc(F)cc1)N(C)Cc1ccc(OCC)cc1. The Labute approximate surface area is 160 Å². The molecule has 0 bridgehead atoms. The molecule has 6 heteroatoms. The summed E-state index contributed by atoms with van der Waals surface area (Å²) in [5, 5.41) is 13.5. The summed E-state index contributed by atoms with van der Waals surface area (Å²) in [6.07, 6.45) is -0.780. The third-order valence-corrected chi connectivity index (χ3v) is 4.02. The van der Waals surface area contributed by atoms with E-state index in [1.54, 1.807) is 12.1 Å². The van der Waals surface area contributed by atoms with Gasteiger partial charge < -0.3 is 20.1 Å². The van der Waals surface area contributed by atoms with Gasteiger partial charge in [-0.05, 0) is 49.2 Å². The minimum Gasteiger partial charge on any atom is -0.494 e. The monoisotopic (exact) mass is 373 g/mol. The average molecular weight is 373 g/mol. The molecule has 0 saturated heterocycles. The molecule has 1 atom stereocenters. The molecule has 0 radical (unpaired) electrons. The minimum absolute atomic E-state index is 0.196. The van der Waals surface area contributed by atoms with Gasteiger partial charge in [-0.25, -0.2) is 4.39 Å². The van der Waals surface area contributed by atoms with Crippen molar-refractivity contribution in [3.05, 3.63) is 65.5 Å². The fourth-order valence-electron chi connectivity index (χ4n) is 2.64. The van der Waals surface area contributed by atoms with Crippen molar-refractivity contribution >= 4 is 5.96 Å². The molecule has 2 N–H and O–H groups in total. The van der Waals surface area contributed by atoms with E-state index in [1.165, 1.54) is 12.1 Å². The van der Waals surface area contributed by atoms with Gasteiger partial charge in [-0.3, -0.25) is 4.99 Å². The number of guanidine groups is 1. The molecule has 0 amide bonds. The molecule has 2 rings (SSSR count). The van der Waals surface area contributed by atoms with Crippen LogP contribution in [0.15, 0.2) is 53.5 Å². The number of benzene rings is 2. The van der Waals surface area contributed by atoms with Gasteiger partial charge in [0.05, 0.1) is 19.3 Å². The Morgan fingerprint density at radius 1 is 1.15 bits per heavy atom. The van der Waals surface area contributed by atoms with Crippen LogP contribution in [0.25, 0.3) is 0 Å². The summed E-state index contributed by atoms with van der Waals surface area (Å²) in [7, 11) is 1.95. The van der Waals surface area contributed by atoms with Crippen molar-refractivity contribution in [2.45, 2.75) is 26.5 Å². The van der Waals surface area contributed by atoms with Gasteiger partial charge in [0.1, 0.15) is 11.6 Å². The van der Waals surface area contributed by atoms with Crippen molar-refractivity contribution in [2.24, 2.45) is 4.99 Å². The van der Waals surface area contributed by atoms with E-state index in [0.717, 1.165) is 17.9 Å². The van der Waals surface area contributed by atoms with Crippen LogP contribution in [0.3, 0.4) is 0 Å². The number of nitrogens with one attached hydrogen (secondary N) is 1. The maximum atomic E-state index is 13.0. The lowest BCUT2D eigenvalue weighted by Crippen LogP contribution is -2.38. The summed E-state index contributed by atoms with van der Waals surface area (Å²) in [6, 6.07) is 13.8. The smallest absolute Gasteiger partial charge is 0.194 e. The summed E-state index contributed by atoms with van der Waals surface area (Å²) < 4.78 is 18.5. The van der Waals surface area contributed by atoms with Gasteiger partial charge in [-0.15, -0.1) is 0 Å². The van der Waals surface area contributed by atoms with Crippen molar-refractivity contribution in [3.63, 3.8) is 0 Å². The second-order valence-corrected chi connectivity index (χ2v) is 6.19. The average Bonchev–Trinajstić information content (AvgIpc) is 2.67. The van der Waals surface area contributed by atoms with E-state index in [4.69, 9.17) is 4.74 Å². The van der Waals surface area contributed by atoms with Gasteiger partial charge >= 0.3 is 0 Å². The molecule has 0 spiro atoms. The predicted molar refractivity (Wildman–Crippen MR) is 106 cm³/mol. The van der Waals surface area contributed by atoms with Crippen LogP contribution in [0.1, 0.15) is 31.1 Å². The van der Waals surface area contributed by atoms with Crippen LogP contribution in [-0.4, -0.2) is 42.7 Å². The van der Waals surface area contributed by atoms with Crippen molar-refractivity contribution in [1.82, 2.24) is 10.2 Å². The Hall–Kier alpha value is -2.60. The second-order valence-electron chi connectivity index (χ2n) is 6.19. The lowest BCUT2D eigenvalue weighted by atomic mass is 10.1. The zero-order valence-corrected chi connectivity index (χ0v) is 16.2. The highest BCUT2D eigenvalue weighted by molar-refractivity contribution is 5.79. The standard InChI is InChI=1S/C21H28FN3O2/c1-4-23-21(24-14-20(26)17-8-10-18(22)11-9-17)25(3)15-16-6-12-19(13-7-16)27-5-2/h6-13,20,26H,4-5,14-15H2,1-3H3,(H,23,24). The molecule has 0 heterocycles. The lowest BCUT2D eigenvalue weighted by Gasteiger charge is -2.23. The third-order valence-electron chi connectivity index (χ3n) is 4.02. The lowest BCUT2D eigenvalue weighted by molar-refractivity contribution is 0.186. The van der Waals surface area contributed by atoms with Crippen molar-refractivity contribution < 1.29 is 14.2 Å². The van der Waals surface area contributed by atoms with Gasteiger partial charge in [0.15, 0.2) is 5.96 Å². The van der Waals surface area contributed by atoms with Crippen LogP contribution in [0.2, 0.25) is 0 Å². The molecule has 27 heavy (non-hydrogen) atoms.